The van der Waals surface area contributed by atoms with E-state index in [-0.39, 0.29) is 0 Å². The van der Waals surface area contributed by atoms with Crippen LogP contribution < -0.4 is 0 Å². The standard InChI is InChI=1S/C15H13.C13H10.C7H9.Zr/c1-10-3-5-14-12(7-10)9-13-8-11(2)4-6-15(13)14;1-3-7-12(8-4-1)11-13-9-5-2-6-10-13;1-2-7-5-3-4-6-7;/h3-9H,1-2H3;1-10H;3,5H,2,4H2,1H3;/q-1;;-1;+2. The van der Waals surface area contributed by atoms with Gasteiger partial charge < -0.3 is 0 Å². The first-order chi connectivity index (χ1) is 17.5. The van der Waals surface area contributed by atoms with Crippen molar-refractivity contribution in [3.05, 3.63) is 149 Å². The molecule has 6 rings (SSSR count). The van der Waals surface area contributed by atoms with Crippen molar-refractivity contribution in [3.63, 3.8) is 0 Å². The Morgan fingerprint density at radius 1 is 0.750 bits per heavy atom. The van der Waals surface area contributed by atoms with Crippen LogP contribution in [0.4, 0.5) is 0 Å². The van der Waals surface area contributed by atoms with Gasteiger partial charge in [0.05, 0.1) is 0 Å². The van der Waals surface area contributed by atoms with E-state index >= 15 is 0 Å². The molecule has 1 aliphatic carbocycles. The molecule has 0 heterocycles. The van der Waals surface area contributed by atoms with Crippen LogP contribution in [0.25, 0.3) is 21.5 Å². The van der Waals surface area contributed by atoms with Gasteiger partial charge in [0, 0.05) is 0 Å². The molecule has 5 aromatic rings. The molecular formula is C35H32Zr. The van der Waals surface area contributed by atoms with Gasteiger partial charge in [0.25, 0.3) is 0 Å². The molecule has 176 valence electrons. The van der Waals surface area contributed by atoms with Gasteiger partial charge in [-0.25, -0.2) is 11.6 Å². The predicted octanol–water partition coefficient (Wildman–Crippen LogP) is 9.22. The Hall–Kier alpha value is -3.02. The number of benzene rings is 4. The molecule has 0 spiro atoms. The van der Waals surface area contributed by atoms with Gasteiger partial charge in [0.2, 0.25) is 0 Å². The Kier molecular flexibility index (Phi) is 9.26. The summed E-state index contributed by atoms with van der Waals surface area (Å²) >= 11 is 1.46. The molecule has 0 radical (unpaired) electrons. The molecule has 1 heteroatoms. The first kappa shape index (κ1) is 26.1. The third-order valence-electron chi connectivity index (χ3n) is 6.29. The van der Waals surface area contributed by atoms with Crippen molar-refractivity contribution < 1.29 is 24.2 Å². The molecule has 0 amide bonds. The molecule has 0 aliphatic heterocycles. The van der Waals surface area contributed by atoms with Gasteiger partial charge in [0.1, 0.15) is 0 Å². The van der Waals surface area contributed by atoms with Crippen LogP contribution in [0.2, 0.25) is 0 Å². The number of hydrogen-bond donors (Lipinski definition) is 0. The van der Waals surface area contributed by atoms with Crippen LogP contribution in [-0.4, -0.2) is 3.21 Å². The number of rotatable bonds is 3. The molecule has 0 nitrogen and oxygen atoms in total. The summed E-state index contributed by atoms with van der Waals surface area (Å²) in [6, 6.07) is 36.7. The second-order valence-electron chi connectivity index (χ2n) is 9.09. The van der Waals surface area contributed by atoms with Crippen LogP contribution in [0.15, 0.2) is 121 Å². The van der Waals surface area contributed by atoms with Gasteiger partial charge in [-0.05, 0) is 13.8 Å². The summed E-state index contributed by atoms with van der Waals surface area (Å²) < 4.78 is 1.42. The van der Waals surface area contributed by atoms with Crippen molar-refractivity contribution in [2.24, 2.45) is 0 Å². The molecule has 0 fully saturated rings. The second-order valence-corrected chi connectivity index (χ2v) is 10.3. The zero-order chi connectivity index (χ0) is 25.3. The topological polar surface area (TPSA) is 0 Å². The normalized spacial score (nSPS) is 12.0. The molecule has 1 aliphatic rings. The maximum absolute atomic E-state index is 3.21. The summed E-state index contributed by atoms with van der Waals surface area (Å²) in [4.78, 5) is 0. The van der Waals surface area contributed by atoms with Crippen LogP contribution in [-0.2, 0) is 24.2 Å². The van der Waals surface area contributed by atoms with Crippen LogP contribution in [0.3, 0.4) is 0 Å². The summed E-state index contributed by atoms with van der Waals surface area (Å²) in [5.74, 6) is 0. The van der Waals surface area contributed by atoms with Crippen LogP contribution in [0.5, 0.6) is 0 Å². The molecular weight excluding hydrogens is 512 g/mol. The van der Waals surface area contributed by atoms with E-state index < -0.39 is 0 Å². The number of hydrogen-bond acceptors (Lipinski definition) is 0. The van der Waals surface area contributed by atoms with Gasteiger partial charge in [-0.1, -0.05) is 48.7 Å². The molecule has 0 aromatic heterocycles. The van der Waals surface area contributed by atoms with Gasteiger partial charge >= 0.3 is 99.2 Å². The molecule has 0 saturated heterocycles. The molecule has 0 atom stereocenters. The molecule has 0 bridgehead atoms. The first-order valence-electron chi connectivity index (χ1n) is 12.6. The molecule has 5 aromatic carbocycles. The molecule has 0 N–H and O–H groups in total. The van der Waals surface area contributed by atoms with Crippen LogP contribution in [0.1, 0.15) is 42.0 Å². The SMILES string of the molecule is CCC1=[C-]CC=C1.Cc1ccc2c(c1)[cH-]c1cc(C)ccc12.[Zr+2]=[C](c1ccccc1)c1ccccc1. The Labute approximate surface area is 230 Å². The zero-order valence-electron chi connectivity index (χ0n) is 21.4. The fourth-order valence-electron chi connectivity index (χ4n) is 4.33. The first-order valence-corrected chi connectivity index (χ1v) is 13.8. The van der Waals surface area contributed by atoms with Crippen LogP contribution in [0, 0.1) is 19.9 Å². The summed E-state index contributed by atoms with van der Waals surface area (Å²) in [7, 11) is 0. The summed E-state index contributed by atoms with van der Waals surface area (Å²) in [6.07, 6.45) is 9.65. The predicted molar refractivity (Wildman–Crippen MR) is 153 cm³/mol. The van der Waals surface area contributed by atoms with E-state index in [4.69, 9.17) is 0 Å². The Morgan fingerprint density at radius 3 is 1.64 bits per heavy atom. The van der Waals surface area contributed by atoms with E-state index in [0.29, 0.717) is 0 Å². The van der Waals surface area contributed by atoms with E-state index in [2.05, 4.69) is 142 Å². The Bertz CT molecular complexity index is 1400. The van der Waals surface area contributed by atoms with Crippen LogP contribution >= 0.6 is 0 Å². The average Bonchev–Trinajstić information content (AvgIpc) is 3.57. The quantitative estimate of drug-likeness (QED) is 0.199. The van der Waals surface area contributed by atoms with Crippen molar-refractivity contribution in [2.75, 3.05) is 0 Å². The van der Waals surface area contributed by atoms with Gasteiger partial charge in [-0.2, -0.15) is 6.08 Å². The van der Waals surface area contributed by atoms with E-state index in [1.807, 2.05) is 0 Å². The van der Waals surface area contributed by atoms with Crippen molar-refractivity contribution >= 4 is 24.8 Å². The zero-order valence-corrected chi connectivity index (χ0v) is 23.8. The third-order valence-corrected chi connectivity index (χ3v) is 7.71. The molecule has 0 saturated carbocycles. The summed E-state index contributed by atoms with van der Waals surface area (Å²) in [6.45, 7) is 6.43. The van der Waals surface area contributed by atoms with E-state index in [9.17, 15) is 0 Å². The minimum atomic E-state index is 1.03. The fourth-order valence-corrected chi connectivity index (χ4v) is 5.15. The number of fused-ring (bicyclic) bond motifs is 3. The average molecular weight is 544 g/mol. The maximum atomic E-state index is 3.21. The second kappa shape index (κ2) is 12.8. The number of aryl methyl sites for hydroxylation is 2. The van der Waals surface area contributed by atoms with E-state index in [1.54, 1.807) is 0 Å². The van der Waals surface area contributed by atoms with Crippen molar-refractivity contribution in [3.8, 4) is 0 Å². The van der Waals surface area contributed by atoms with Gasteiger partial charge in [0.15, 0.2) is 0 Å². The summed E-state index contributed by atoms with van der Waals surface area (Å²) in [5.41, 5.74) is 6.68. The third kappa shape index (κ3) is 6.80. The number of allylic oxidation sites excluding steroid dienone is 4. The molecule has 36 heavy (non-hydrogen) atoms. The monoisotopic (exact) mass is 542 g/mol. The van der Waals surface area contributed by atoms with E-state index in [1.165, 1.54) is 76.8 Å². The van der Waals surface area contributed by atoms with E-state index in [0.717, 1.165) is 12.8 Å². The van der Waals surface area contributed by atoms with Crippen molar-refractivity contribution in [1.29, 1.82) is 0 Å². The molecule has 0 unspecified atom stereocenters. The van der Waals surface area contributed by atoms with Gasteiger partial charge in [-0.3, -0.25) is 6.08 Å². The minimum absolute atomic E-state index is 1.03. The summed E-state index contributed by atoms with van der Waals surface area (Å²) in [5, 5.41) is 5.46. The van der Waals surface area contributed by atoms with Gasteiger partial charge in [-0.15, -0.1) is 46.2 Å². The van der Waals surface area contributed by atoms with Crippen molar-refractivity contribution in [2.45, 2.75) is 33.6 Å². The van der Waals surface area contributed by atoms with Crippen molar-refractivity contribution in [1.82, 2.24) is 0 Å². The fraction of sp³-hybridized carbons (Fsp3) is 0.143. The Balaban J connectivity index is 0.000000135. The Morgan fingerprint density at radius 2 is 1.25 bits per heavy atom.